The molecule has 19 heavy (non-hydrogen) atoms. The molecule has 2 saturated heterocycles. The Labute approximate surface area is 115 Å². The van der Waals surface area contributed by atoms with Gasteiger partial charge in [-0.05, 0) is 39.4 Å². The number of rotatable bonds is 2. The third-order valence-corrected chi connectivity index (χ3v) is 5.87. The van der Waals surface area contributed by atoms with Crippen molar-refractivity contribution in [2.45, 2.75) is 31.3 Å². The van der Waals surface area contributed by atoms with E-state index < -0.39 is 9.84 Å². The summed E-state index contributed by atoms with van der Waals surface area (Å²) in [7, 11) is 0.825. The molecule has 6 nitrogen and oxygen atoms in total. The van der Waals surface area contributed by atoms with Gasteiger partial charge in [-0.15, -0.1) is 0 Å². The second kappa shape index (κ2) is 5.66. The van der Waals surface area contributed by atoms with Crippen molar-refractivity contribution in [3.63, 3.8) is 0 Å². The molecule has 0 aromatic heterocycles. The van der Waals surface area contributed by atoms with Gasteiger partial charge in [-0.2, -0.15) is 0 Å². The molecule has 0 aliphatic carbocycles. The minimum absolute atomic E-state index is 0.102. The summed E-state index contributed by atoms with van der Waals surface area (Å²) in [5, 5.41) is 3.01. The summed E-state index contributed by atoms with van der Waals surface area (Å²) < 4.78 is 22.9. The van der Waals surface area contributed by atoms with Gasteiger partial charge < -0.3 is 15.1 Å². The first kappa shape index (κ1) is 14.6. The Morgan fingerprint density at radius 2 is 1.89 bits per heavy atom. The summed E-state index contributed by atoms with van der Waals surface area (Å²) >= 11 is 0. The van der Waals surface area contributed by atoms with Crippen LogP contribution in [0.5, 0.6) is 0 Å². The van der Waals surface area contributed by atoms with E-state index in [1.165, 1.54) is 0 Å². The molecule has 110 valence electrons. The standard InChI is InChI=1S/C12H23N3O3S/c1-14-6-3-10(4-7-14)13-12(16)15(2)11-5-8-19(17,18)9-11/h10-11H,3-9H2,1-2H3,(H,13,16). The SMILES string of the molecule is CN1CCC(NC(=O)N(C)C2CCS(=O)(=O)C2)CC1. The Bertz CT molecular complexity index is 430. The number of sulfone groups is 1. The number of hydrogen-bond donors (Lipinski definition) is 1. The number of carbonyl (C=O) groups is 1. The third-order valence-electron chi connectivity index (χ3n) is 4.12. The normalized spacial score (nSPS) is 28.2. The molecule has 2 aliphatic heterocycles. The smallest absolute Gasteiger partial charge is 0.317 e. The third kappa shape index (κ3) is 3.82. The Kier molecular flexibility index (Phi) is 4.35. The minimum Gasteiger partial charge on any atom is -0.335 e. The van der Waals surface area contributed by atoms with Gasteiger partial charge >= 0.3 is 6.03 Å². The van der Waals surface area contributed by atoms with E-state index in [-0.39, 0.29) is 29.6 Å². The molecular weight excluding hydrogens is 266 g/mol. The molecule has 0 spiro atoms. The monoisotopic (exact) mass is 289 g/mol. The molecule has 0 aromatic rings. The molecule has 2 aliphatic rings. The number of nitrogens with one attached hydrogen (secondary N) is 1. The first-order valence-corrected chi connectivity index (χ1v) is 8.62. The van der Waals surface area contributed by atoms with Gasteiger partial charge in [0.05, 0.1) is 11.5 Å². The number of piperidine rings is 1. The Balaban J connectivity index is 1.83. The predicted octanol–water partition coefficient (Wildman–Crippen LogP) is -0.0909. The average Bonchev–Trinajstić information content (AvgIpc) is 2.71. The maximum atomic E-state index is 12.1. The zero-order valence-electron chi connectivity index (χ0n) is 11.6. The highest BCUT2D eigenvalue weighted by Gasteiger charge is 2.33. The van der Waals surface area contributed by atoms with Gasteiger partial charge in [-0.25, -0.2) is 13.2 Å². The van der Waals surface area contributed by atoms with Crippen molar-refractivity contribution < 1.29 is 13.2 Å². The van der Waals surface area contributed by atoms with Crippen LogP contribution in [0, 0.1) is 0 Å². The van der Waals surface area contributed by atoms with Crippen LogP contribution in [0.1, 0.15) is 19.3 Å². The Morgan fingerprint density at radius 3 is 2.42 bits per heavy atom. The maximum absolute atomic E-state index is 12.1. The molecule has 2 amide bonds. The summed E-state index contributed by atoms with van der Waals surface area (Å²) in [6.45, 7) is 1.99. The highest BCUT2D eigenvalue weighted by molar-refractivity contribution is 7.91. The lowest BCUT2D eigenvalue weighted by Crippen LogP contribution is -2.50. The molecule has 2 heterocycles. The van der Waals surface area contributed by atoms with Crippen LogP contribution in [0.15, 0.2) is 0 Å². The lowest BCUT2D eigenvalue weighted by atomic mass is 10.1. The van der Waals surface area contributed by atoms with Crippen LogP contribution in [-0.4, -0.2) is 75.0 Å². The maximum Gasteiger partial charge on any atom is 0.317 e. The summed E-state index contributed by atoms with van der Waals surface area (Å²) in [6.07, 6.45) is 2.47. The van der Waals surface area contributed by atoms with Gasteiger partial charge in [0.2, 0.25) is 0 Å². The van der Waals surface area contributed by atoms with E-state index in [4.69, 9.17) is 0 Å². The lowest BCUT2D eigenvalue weighted by Gasteiger charge is -2.32. The van der Waals surface area contributed by atoms with E-state index in [0.717, 1.165) is 25.9 Å². The zero-order chi connectivity index (χ0) is 14.0. The van der Waals surface area contributed by atoms with Crippen LogP contribution < -0.4 is 5.32 Å². The second-order valence-electron chi connectivity index (χ2n) is 5.69. The Hall–Kier alpha value is -0.820. The van der Waals surface area contributed by atoms with E-state index in [9.17, 15) is 13.2 Å². The van der Waals surface area contributed by atoms with Gasteiger partial charge in [0.1, 0.15) is 0 Å². The van der Waals surface area contributed by atoms with E-state index in [1.54, 1.807) is 11.9 Å². The van der Waals surface area contributed by atoms with Crippen molar-refractivity contribution in [2.24, 2.45) is 0 Å². The quantitative estimate of drug-likeness (QED) is 0.771. The number of hydrogen-bond acceptors (Lipinski definition) is 4. The second-order valence-corrected chi connectivity index (χ2v) is 7.92. The van der Waals surface area contributed by atoms with E-state index >= 15 is 0 Å². The van der Waals surface area contributed by atoms with Crippen molar-refractivity contribution in [1.82, 2.24) is 15.1 Å². The number of amides is 2. The van der Waals surface area contributed by atoms with E-state index in [2.05, 4.69) is 17.3 Å². The molecule has 1 unspecified atom stereocenters. The van der Waals surface area contributed by atoms with Crippen LogP contribution in [0.4, 0.5) is 4.79 Å². The van der Waals surface area contributed by atoms with E-state index in [1.807, 2.05) is 0 Å². The predicted molar refractivity (Wildman–Crippen MR) is 73.9 cm³/mol. The molecule has 0 bridgehead atoms. The van der Waals surface area contributed by atoms with Gasteiger partial charge in [-0.1, -0.05) is 0 Å². The van der Waals surface area contributed by atoms with Crippen LogP contribution in [-0.2, 0) is 9.84 Å². The van der Waals surface area contributed by atoms with Crippen LogP contribution in [0.25, 0.3) is 0 Å². The van der Waals surface area contributed by atoms with Gasteiger partial charge in [0.15, 0.2) is 9.84 Å². The number of likely N-dealkylation sites (tertiary alicyclic amines) is 1. The van der Waals surface area contributed by atoms with Crippen molar-refractivity contribution >= 4 is 15.9 Å². The molecule has 7 heteroatoms. The van der Waals surface area contributed by atoms with Gasteiger partial charge in [-0.3, -0.25) is 0 Å². The minimum atomic E-state index is -2.94. The highest BCUT2D eigenvalue weighted by Crippen LogP contribution is 2.17. The van der Waals surface area contributed by atoms with Gasteiger partial charge in [0.25, 0.3) is 0 Å². The number of urea groups is 1. The van der Waals surface area contributed by atoms with Crippen molar-refractivity contribution in [2.75, 3.05) is 38.7 Å². The first-order chi connectivity index (χ1) is 8.87. The Morgan fingerprint density at radius 1 is 1.26 bits per heavy atom. The van der Waals surface area contributed by atoms with Crippen molar-refractivity contribution in [3.8, 4) is 0 Å². The van der Waals surface area contributed by atoms with Crippen LogP contribution in [0.3, 0.4) is 0 Å². The average molecular weight is 289 g/mol. The summed E-state index contributed by atoms with van der Waals surface area (Å²) in [5.41, 5.74) is 0. The number of nitrogens with zero attached hydrogens (tertiary/aromatic N) is 2. The fraction of sp³-hybridized carbons (Fsp3) is 0.917. The molecule has 1 N–H and O–H groups in total. The molecule has 1 atom stereocenters. The largest absolute Gasteiger partial charge is 0.335 e. The first-order valence-electron chi connectivity index (χ1n) is 6.80. The topological polar surface area (TPSA) is 69.7 Å². The molecular formula is C12H23N3O3S. The summed E-state index contributed by atoms with van der Waals surface area (Å²) in [6, 6.07) is -0.0999. The zero-order valence-corrected chi connectivity index (χ0v) is 12.4. The van der Waals surface area contributed by atoms with Gasteiger partial charge in [0, 0.05) is 19.1 Å². The van der Waals surface area contributed by atoms with Crippen molar-refractivity contribution in [1.29, 1.82) is 0 Å². The summed E-state index contributed by atoms with van der Waals surface area (Å²) in [5.74, 6) is 0.299. The lowest BCUT2D eigenvalue weighted by molar-refractivity contribution is 0.179. The van der Waals surface area contributed by atoms with Crippen LogP contribution >= 0.6 is 0 Å². The molecule has 0 aromatic carbocycles. The highest BCUT2D eigenvalue weighted by atomic mass is 32.2. The van der Waals surface area contributed by atoms with Crippen molar-refractivity contribution in [3.05, 3.63) is 0 Å². The molecule has 0 saturated carbocycles. The summed E-state index contributed by atoms with van der Waals surface area (Å²) in [4.78, 5) is 15.9. The van der Waals surface area contributed by atoms with E-state index in [0.29, 0.717) is 6.42 Å². The number of carbonyl (C=O) groups excluding carboxylic acids is 1. The fourth-order valence-corrected chi connectivity index (χ4v) is 4.45. The van der Waals surface area contributed by atoms with Crippen LogP contribution in [0.2, 0.25) is 0 Å². The molecule has 0 radical (unpaired) electrons. The fourth-order valence-electron chi connectivity index (χ4n) is 2.68. The molecule has 2 fully saturated rings. The molecule has 2 rings (SSSR count).